The molecule has 1 aromatic carbocycles. The molecule has 0 atom stereocenters. The van der Waals surface area contributed by atoms with E-state index in [1.54, 1.807) is 0 Å². The average molecular weight is 165 g/mol. The van der Waals surface area contributed by atoms with Gasteiger partial charge in [-0.15, -0.1) is 0 Å². The van der Waals surface area contributed by atoms with Gasteiger partial charge in [0, 0.05) is 18.8 Å². The van der Waals surface area contributed by atoms with Crippen molar-refractivity contribution in [3.63, 3.8) is 0 Å². The third-order valence-electron chi connectivity index (χ3n) is 2.33. The van der Waals surface area contributed by atoms with Gasteiger partial charge in [0.05, 0.1) is 0 Å². The number of halogens is 1. The summed E-state index contributed by atoms with van der Waals surface area (Å²) in [6.07, 6.45) is 2.54. The van der Waals surface area contributed by atoms with Crippen molar-refractivity contribution in [1.29, 1.82) is 0 Å². The topological polar surface area (TPSA) is 3.24 Å². The first kappa shape index (κ1) is 7.59. The molecule has 0 amide bonds. The molecule has 0 heterocycles. The van der Waals surface area contributed by atoms with E-state index >= 15 is 0 Å². The molecule has 0 N–H and O–H groups in total. The highest BCUT2D eigenvalue weighted by Crippen LogP contribution is 2.29. The highest BCUT2D eigenvalue weighted by Gasteiger charge is 2.26. The molecule has 0 spiro atoms. The number of rotatable bonds is 2. The Balaban J connectivity index is 2.16. The van der Waals surface area contributed by atoms with Crippen LogP contribution < -0.4 is 4.90 Å². The van der Waals surface area contributed by atoms with Gasteiger partial charge in [0.1, 0.15) is 5.82 Å². The minimum Gasteiger partial charge on any atom is -0.372 e. The van der Waals surface area contributed by atoms with Crippen LogP contribution in [0.25, 0.3) is 0 Å². The molecular weight excluding hydrogens is 153 g/mol. The van der Waals surface area contributed by atoms with Crippen LogP contribution in [-0.4, -0.2) is 13.1 Å². The van der Waals surface area contributed by atoms with Crippen molar-refractivity contribution in [3.8, 4) is 0 Å². The molecule has 0 aliphatic heterocycles. The van der Waals surface area contributed by atoms with E-state index in [1.165, 1.54) is 25.0 Å². The van der Waals surface area contributed by atoms with E-state index in [1.807, 2.05) is 12.1 Å². The summed E-state index contributed by atoms with van der Waals surface area (Å²) >= 11 is 0. The normalized spacial score (nSPS) is 16.2. The molecule has 0 aromatic heterocycles. The number of benzene rings is 1. The Hall–Kier alpha value is -1.05. The number of nitrogens with zero attached hydrogens (tertiary/aromatic N) is 1. The van der Waals surface area contributed by atoms with E-state index < -0.39 is 0 Å². The first-order valence-electron chi connectivity index (χ1n) is 4.26. The van der Waals surface area contributed by atoms with Gasteiger partial charge < -0.3 is 4.90 Å². The van der Waals surface area contributed by atoms with Crippen LogP contribution in [0.15, 0.2) is 24.3 Å². The minimum atomic E-state index is -0.164. The lowest BCUT2D eigenvalue weighted by Crippen LogP contribution is -2.18. The second-order valence-corrected chi connectivity index (χ2v) is 3.32. The summed E-state index contributed by atoms with van der Waals surface area (Å²) in [6.45, 7) is 0. The van der Waals surface area contributed by atoms with E-state index in [4.69, 9.17) is 0 Å². The summed E-state index contributed by atoms with van der Waals surface area (Å²) in [4.78, 5) is 2.21. The predicted molar refractivity (Wildman–Crippen MR) is 47.8 cm³/mol. The predicted octanol–water partition coefficient (Wildman–Crippen LogP) is 2.42. The zero-order valence-corrected chi connectivity index (χ0v) is 7.13. The minimum absolute atomic E-state index is 0.164. The average Bonchev–Trinajstić information content (AvgIpc) is 2.87. The highest BCUT2D eigenvalue weighted by atomic mass is 19.1. The van der Waals surface area contributed by atoms with Gasteiger partial charge in [0.2, 0.25) is 0 Å². The van der Waals surface area contributed by atoms with Gasteiger partial charge >= 0.3 is 0 Å². The number of anilines is 1. The maximum atomic E-state index is 12.5. The molecule has 1 nitrogen and oxygen atoms in total. The lowest BCUT2D eigenvalue weighted by atomic mass is 10.3. The van der Waals surface area contributed by atoms with E-state index in [2.05, 4.69) is 11.9 Å². The third kappa shape index (κ3) is 1.42. The second kappa shape index (κ2) is 2.77. The van der Waals surface area contributed by atoms with Crippen LogP contribution in [0, 0.1) is 5.82 Å². The van der Waals surface area contributed by atoms with Crippen molar-refractivity contribution in [2.75, 3.05) is 11.9 Å². The molecule has 64 valence electrons. The molecule has 1 aliphatic rings. The van der Waals surface area contributed by atoms with Gasteiger partial charge in [-0.05, 0) is 37.1 Å². The first-order chi connectivity index (χ1) is 5.77. The summed E-state index contributed by atoms with van der Waals surface area (Å²) in [6, 6.07) is 7.36. The van der Waals surface area contributed by atoms with E-state index in [-0.39, 0.29) is 5.82 Å². The van der Waals surface area contributed by atoms with Gasteiger partial charge in [-0.25, -0.2) is 4.39 Å². The standard InChI is InChI=1S/C10H12FN/c1-12(10-6-7-10)9-4-2-8(11)3-5-9/h2-5,10H,6-7H2,1H3. The van der Waals surface area contributed by atoms with E-state index in [0.29, 0.717) is 6.04 Å². The number of hydrogen-bond donors (Lipinski definition) is 0. The van der Waals surface area contributed by atoms with Crippen molar-refractivity contribution in [3.05, 3.63) is 30.1 Å². The molecule has 0 bridgehead atoms. The van der Waals surface area contributed by atoms with Gasteiger partial charge in [-0.3, -0.25) is 0 Å². The zero-order valence-electron chi connectivity index (χ0n) is 7.13. The van der Waals surface area contributed by atoms with Crippen LogP contribution in [0.5, 0.6) is 0 Å². The Labute approximate surface area is 71.8 Å². The Morgan fingerprint density at radius 3 is 2.33 bits per heavy atom. The summed E-state index contributed by atoms with van der Waals surface area (Å²) in [7, 11) is 2.06. The highest BCUT2D eigenvalue weighted by molar-refractivity contribution is 5.47. The molecule has 0 radical (unpaired) electrons. The lowest BCUT2D eigenvalue weighted by molar-refractivity contribution is 0.627. The van der Waals surface area contributed by atoms with Gasteiger partial charge in [-0.2, -0.15) is 0 Å². The largest absolute Gasteiger partial charge is 0.372 e. The molecule has 1 aliphatic carbocycles. The maximum absolute atomic E-state index is 12.5. The third-order valence-corrected chi connectivity index (χ3v) is 2.33. The fourth-order valence-electron chi connectivity index (χ4n) is 1.35. The Morgan fingerprint density at radius 2 is 1.83 bits per heavy atom. The molecule has 0 saturated heterocycles. The van der Waals surface area contributed by atoms with E-state index in [0.717, 1.165) is 5.69 Å². The fraction of sp³-hybridized carbons (Fsp3) is 0.400. The first-order valence-corrected chi connectivity index (χ1v) is 4.26. The van der Waals surface area contributed by atoms with E-state index in [9.17, 15) is 4.39 Å². The molecule has 1 aromatic rings. The Bertz CT molecular complexity index is 264. The van der Waals surface area contributed by atoms with Crippen LogP contribution in [0.1, 0.15) is 12.8 Å². The summed E-state index contributed by atoms with van der Waals surface area (Å²) < 4.78 is 12.5. The molecule has 2 rings (SSSR count). The van der Waals surface area contributed by atoms with Gasteiger partial charge in [0.25, 0.3) is 0 Å². The number of hydrogen-bond acceptors (Lipinski definition) is 1. The zero-order chi connectivity index (χ0) is 8.55. The van der Waals surface area contributed by atoms with Crippen LogP contribution in [0.3, 0.4) is 0 Å². The van der Waals surface area contributed by atoms with Crippen molar-refractivity contribution in [1.82, 2.24) is 0 Å². The summed E-state index contributed by atoms with van der Waals surface area (Å²) in [5.74, 6) is -0.164. The maximum Gasteiger partial charge on any atom is 0.123 e. The summed E-state index contributed by atoms with van der Waals surface area (Å²) in [5, 5.41) is 0. The summed E-state index contributed by atoms with van der Waals surface area (Å²) in [5.41, 5.74) is 1.11. The molecule has 1 saturated carbocycles. The van der Waals surface area contributed by atoms with Crippen molar-refractivity contribution in [2.45, 2.75) is 18.9 Å². The van der Waals surface area contributed by atoms with Crippen molar-refractivity contribution < 1.29 is 4.39 Å². The van der Waals surface area contributed by atoms with Crippen LogP contribution >= 0.6 is 0 Å². The lowest BCUT2D eigenvalue weighted by Gasteiger charge is -2.17. The van der Waals surface area contributed by atoms with Crippen molar-refractivity contribution in [2.24, 2.45) is 0 Å². The molecule has 12 heavy (non-hydrogen) atoms. The van der Waals surface area contributed by atoms with Gasteiger partial charge in [0.15, 0.2) is 0 Å². The molecule has 0 unspecified atom stereocenters. The fourth-order valence-corrected chi connectivity index (χ4v) is 1.35. The smallest absolute Gasteiger partial charge is 0.123 e. The molecular formula is C10H12FN. The van der Waals surface area contributed by atoms with Crippen LogP contribution in [0.2, 0.25) is 0 Å². The Kier molecular flexibility index (Phi) is 1.75. The molecule has 2 heteroatoms. The SMILES string of the molecule is CN(c1ccc(F)cc1)C1CC1. The van der Waals surface area contributed by atoms with Crippen molar-refractivity contribution >= 4 is 5.69 Å². The molecule has 1 fully saturated rings. The van der Waals surface area contributed by atoms with Gasteiger partial charge in [-0.1, -0.05) is 0 Å². The quantitative estimate of drug-likeness (QED) is 0.650. The second-order valence-electron chi connectivity index (χ2n) is 3.32. The van der Waals surface area contributed by atoms with Crippen LogP contribution in [-0.2, 0) is 0 Å². The van der Waals surface area contributed by atoms with Crippen LogP contribution in [0.4, 0.5) is 10.1 Å². The monoisotopic (exact) mass is 165 g/mol. The Morgan fingerprint density at radius 1 is 1.25 bits per heavy atom.